The van der Waals surface area contributed by atoms with Crippen LogP contribution in [0, 0.1) is 0 Å². The summed E-state index contributed by atoms with van der Waals surface area (Å²) in [6.45, 7) is 0. The Bertz CT molecular complexity index is 586. The van der Waals surface area contributed by atoms with Gasteiger partial charge in [0.05, 0.1) is 5.56 Å². The fourth-order valence-electron chi connectivity index (χ4n) is 1.39. The number of hydrogen-bond donors (Lipinski definition) is 2. The molecule has 1 aromatic carbocycles. The summed E-state index contributed by atoms with van der Waals surface area (Å²) in [5, 5.41) is 3.05. The van der Waals surface area contributed by atoms with E-state index in [0.717, 1.165) is 0 Å². The van der Waals surface area contributed by atoms with Crippen molar-refractivity contribution in [1.82, 2.24) is 4.98 Å². The lowest BCUT2D eigenvalue weighted by atomic mass is 9.99. The number of nitrogens with one attached hydrogen (secondary N) is 1. The monoisotopic (exact) mass is 257 g/mol. The van der Waals surface area contributed by atoms with E-state index in [-0.39, 0.29) is 5.91 Å². The molecule has 0 aliphatic carbocycles. The number of anilines is 2. The fraction of sp³-hybridized carbons (Fsp3) is 0. The van der Waals surface area contributed by atoms with E-state index >= 15 is 0 Å². The Morgan fingerprint density at radius 3 is 2.78 bits per heavy atom. The van der Waals surface area contributed by atoms with Crippen LogP contribution in [0.1, 0.15) is 10.4 Å². The summed E-state index contributed by atoms with van der Waals surface area (Å²) < 4.78 is 0. The first kappa shape index (κ1) is 12.5. The molecule has 0 saturated carbocycles. The van der Waals surface area contributed by atoms with Crippen molar-refractivity contribution in [2.75, 3.05) is 11.1 Å². The molecule has 4 nitrogen and oxygen atoms in total. The van der Waals surface area contributed by atoms with Gasteiger partial charge in [0.1, 0.15) is 13.7 Å². The molecule has 18 heavy (non-hydrogen) atoms. The van der Waals surface area contributed by atoms with Gasteiger partial charge in [-0.25, -0.2) is 4.98 Å². The Morgan fingerprint density at radius 1 is 1.33 bits per heavy atom. The van der Waals surface area contributed by atoms with Crippen LogP contribution in [-0.4, -0.2) is 18.7 Å². The summed E-state index contributed by atoms with van der Waals surface area (Å²) in [7, 11) is 5.50. The Hall–Kier alpha value is -2.01. The van der Waals surface area contributed by atoms with Crippen molar-refractivity contribution in [1.29, 1.82) is 0 Å². The predicted molar refractivity (Wildman–Crippen MR) is 73.4 cm³/mol. The summed E-state index contributed by atoms with van der Waals surface area (Å²) >= 11 is 5.82. The maximum Gasteiger partial charge on any atom is 0.258 e. The number of benzene rings is 1. The lowest BCUT2D eigenvalue weighted by Crippen LogP contribution is -2.16. The number of rotatable bonds is 2. The molecule has 6 heteroatoms. The third-order valence-electron chi connectivity index (χ3n) is 2.29. The minimum Gasteiger partial charge on any atom is -0.398 e. The smallest absolute Gasteiger partial charge is 0.258 e. The minimum absolute atomic E-state index is 0.307. The molecule has 0 atom stereocenters. The number of pyridine rings is 1. The highest BCUT2D eigenvalue weighted by Crippen LogP contribution is 2.18. The minimum atomic E-state index is -0.368. The molecule has 1 amide bonds. The molecule has 2 rings (SSSR count). The standard InChI is InChI=1S/C12H9BClN3O/c13-7-1-4-11(16-6-7)17-12(18)9-5-8(14)2-3-10(9)15/h1-6H,15H2,(H,16,17,18). The third kappa shape index (κ3) is 2.81. The van der Waals surface area contributed by atoms with Crippen molar-refractivity contribution in [3.63, 3.8) is 0 Å². The van der Waals surface area contributed by atoms with Crippen molar-refractivity contribution in [3.05, 3.63) is 47.1 Å². The summed E-state index contributed by atoms with van der Waals surface area (Å²) in [5.41, 5.74) is 6.89. The molecule has 2 radical (unpaired) electrons. The molecular formula is C12H9BClN3O. The number of nitrogens with zero attached hydrogens (tertiary/aromatic N) is 1. The average Bonchev–Trinajstić information content (AvgIpc) is 2.35. The molecule has 88 valence electrons. The highest BCUT2D eigenvalue weighted by molar-refractivity contribution is 6.32. The van der Waals surface area contributed by atoms with Gasteiger partial charge in [0.2, 0.25) is 0 Å². The molecule has 0 fully saturated rings. The molecule has 0 aliphatic heterocycles. The van der Waals surface area contributed by atoms with Crippen molar-refractivity contribution in [2.24, 2.45) is 0 Å². The molecule has 0 saturated heterocycles. The SMILES string of the molecule is [B]c1ccc(NC(=O)c2cc(Cl)ccc2N)nc1. The van der Waals surface area contributed by atoms with Gasteiger partial charge in [-0.1, -0.05) is 23.1 Å². The van der Waals surface area contributed by atoms with Crippen LogP contribution in [0.15, 0.2) is 36.5 Å². The van der Waals surface area contributed by atoms with Crippen molar-refractivity contribution >= 4 is 42.3 Å². The normalized spacial score (nSPS) is 10.1. The van der Waals surface area contributed by atoms with E-state index in [4.69, 9.17) is 25.2 Å². The Kier molecular flexibility index (Phi) is 3.53. The number of aromatic nitrogens is 1. The van der Waals surface area contributed by atoms with Crippen molar-refractivity contribution in [2.45, 2.75) is 0 Å². The van der Waals surface area contributed by atoms with Gasteiger partial charge >= 0.3 is 0 Å². The number of hydrogen-bond acceptors (Lipinski definition) is 3. The van der Waals surface area contributed by atoms with E-state index in [1.807, 2.05) is 0 Å². The van der Waals surface area contributed by atoms with Crippen LogP contribution in [0.5, 0.6) is 0 Å². The van der Waals surface area contributed by atoms with E-state index < -0.39 is 0 Å². The molecule has 1 heterocycles. The number of carbonyl (C=O) groups is 1. The molecular weight excluding hydrogens is 248 g/mol. The molecule has 0 spiro atoms. The van der Waals surface area contributed by atoms with Crippen LogP contribution < -0.4 is 16.5 Å². The second kappa shape index (κ2) is 5.10. The van der Waals surface area contributed by atoms with Crippen LogP contribution in [-0.2, 0) is 0 Å². The number of nitrogens with two attached hydrogens (primary N) is 1. The van der Waals surface area contributed by atoms with E-state index in [1.54, 1.807) is 24.3 Å². The van der Waals surface area contributed by atoms with Gasteiger partial charge in [0, 0.05) is 16.9 Å². The van der Waals surface area contributed by atoms with E-state index in [1.165, 1.54) is 12.3 Å². The third-order valence-corrected chi connectivity index (χ3v) is 2.52. The quantitative estimate of drug-likeness (QED) is 0.630. The first-order valence-corrected chi connectivity index (χ1v) is 5.52. The van der Waals surface area contributed by atoms with Gasteiger partial charge in [-0.15, -0.1) is 0 Å². The average molecular weight is 257 g/mol. The first-order chi connectivity index (χ1) is 8.56. The Labute approximate surface area is 111 Å². The van der Waals surface area contributed by atoms with E-state index in [0.29, 0.717) is 27.6 Å². The largest absolute Gasteiger partial charge is 0.398 e. The van der Waals surface area contributed by atoms with Gasteiger partial charge in [-0.2, -0.15) is 0 Å². The number of carbonyl (C=O) groups excluding carboxylic acids is 1. The molecule has 0 unspecified atom stereocenters. The topological polar surface area (TPSA) is 68.0 Å². The van der Waals surface area contributed by atoms with Crippen molar-refractivity contribution < 1.29 is 4.79 Å². The number of halogens is 1. The number of nitrogen functional groups attached to an aromatic ring is 1. The summed E-state index contributed by atoms with van der Waals surface area (Å²) in [5.74, 6) is 0.0286. The zero-order chi connectivity index (χ0) is 13.1. The Balaban J connectivity index is 2.21. The first-order valence-electron chi connectivity index (χ1n) is 5.14. The van der Waals surface area contributed by atoms with Gasteiger partial charge in [0.15, 0.2) is 0 Å². The molecule has 0 bridgehead atoms. The lowest BCUT2D eigenvalue weighted by Gasteiger charge is -2.07. The van der Waals surface area contributed by atoms with Crippen LogP contribution in [0.25, 0.3) is 0 Å². The lowest BCUT2D eigenvalue weighted by molar-refractivity contribution is 0.102. The Morgan fingerprint density at radius 2 is 2.11 bits per heavy atom. The van der Waals surface area contributed by atoms with Gasteiger partial charge in [-0.05, 0) is 24.3 Å². The van der Waals surface area contributed by atoms with E-state index in [2.05, 4.69) is 10.3 Å². The summed E-state index contributed by atoms with van der Waals surface area (Å²) in [4.78, 5) is 15.9. The number of amides is 1. The maximum atomic E-state index is 12.0. The van der Waals surface area contributed by atoms with Gasteiger partial charge in [-0.3, -0.25) is 4.79 Å². The second-order valence-electron chi connectivity index (χ2n) is 3.66. The zero-order valence-electron chi connectivity index (χ0n) is 9.35. The predicted octanol–water partition coefficient (Wildman–Crippen LogP) is 1.36. The fourth-order valence-corrected chi connectivity index (χ4v) is 1.56. The summed E-state index contributed by atoms with van der Waals surface area (Å²) in [6.07, 6.45) is 1.46. The molecule has 3 N–H and O–H groups in total. The maximum absolute atomic E-state index is 12.0. The van der Waals surface area contributed by atoms with Crippen LogP contribution in [0.2, 0.25) is 5.02 Å². The van der Waals surface area contributed by atoms with E-state index in [9.17, 15) is 4.79 Å². The molecule has 0 aliphatic rings. The molecule has 1 aromatic heterocycles. The summed E-state index contributed by atoms with van der Waals surface area (Å²) in [6, 6.07) is 7.95. The second-order valence-corrected chi connectivity index (χ2v) is 4.10. The highest BCUT2D eigenvalue weighted by Gasteiger charge is 2.10. The molecule has 2 aromatic rings. The van der Waals surface area contributed by atoms with Crippen LogP contribution in [0.3, 0.4) is 0 Å². The van der Waals surface area contributed by atoms with Gasteiger partial charge < -0.3 is 11.1 Å². The van der Waals surface area contributed by atoms with Gasteiger partial charge in [0.25, 0.3) is 5.91 Å². The van der Waals surface area contributed by atoms with Crippen molar-refractivity contribution in [3.8, 4) is 0 Å². The zero-order valence-corrected chi connectivity index (χ0v) is 10.1. The van der Waals surface area contributed by atoms with Crippen LogP contribution in [0.4, 0.5) is 11.5 Å². The highest BCUT2D eigenvalue weighted by atomic mass is 35.5. The van der Waals surface area contributed by atoms with Crippen LogP contribution >= 0.6 is 11.6 Å².